The van der Waals surface area contributed by atoms with Crippen LogP contribution in [0.4, 0.5) is 0 Å². The molecule has 1 aliphatic heterocycles. The molecule has 0 radical (unpaired) electrons. The Bertz CT molecular complexity index is 1320. The van der Waals surface area contributed by atoms with E-state index in [0.717, 1.165) is 0 Å². The van der Waals surface area contributed by atoms with Crippen molar-refractivity contribution in [2.24, 2.45) is 5.73 Å². The summed E-state index contributed by atoms with van der Waals surface area (Å²) in [7, 11) is 0. The van der Waals surface area contributed by atoms with Crippen molar-refractivity contribution in [3.8, 4) is 11.5 Å². The number of aliphatic hydroxyl groups is 3. The van der Waals surface area contributed by atoms with E-state index in [4.69, 9.17) is 15.2 Å². The quantitative estimate of drug-likeness (QED) is 0.183. The fourth-order valence-corrected chi connectivity index (χ4v) is 5.51. The normalized spacial score (nSPS) is 30.1. The number of fused-ring (bicyclic) bond motifs is 3. The Labute approximate surface area is 224 Å². The lowest BCUT2D eigenvalue weighted by atomic mass is 9.72. The van der Waals surface area contributed by atoms with Gasteiger partial charge in [-0.05, 0) is 6.92 Å². The van der Waals surface area contributed by atoms with Crippen molar-refractivity contribution in [2.45, 2.75) is 62.4 Å². The van der Waals surface area contributed by atoms with Crippen molar-refractivity contribution < 1.29 is 63.2 Å². The molecule has 1 heterocycles. The molecular weight excluding hydrogens is 522 g/mol. The van der Waals surface area contributed by atoms with E-state index in [1.54, 1.807) is 19.1 Å². The van der Waals surface area contributed by atoms with E-state index < -0.39 is 95.7 Å². The zero-order valence-electron chi connectivity index (χ0n) is 21.3. The van der Waals surface area contributed by atoms with Crippen molar-refractivity contribution in [1.29, 1.82) is 0 Å². The lowest BCUT2D eigenvalue weighted by Crippen LogP contribution is -3.00. The largest absolute Gasteiger partial charge is 1.00 e. The van der Waals surface area contributed by atoms with Crippen molar-refractivity contribution in [3.05, 3.63) is 57.6 Å². The second-order valence-corrected chi connectivity index (χ2v) is 9.82. The van der Waals surface area contributed by atoms with E-state index in [9.17, 15) is 39.9 Å². The highest BCUT2D eigenvalue weighted by Crippen LogP contribution is 2.52. The number of aliphatic hydroxyl groups excluding tert-OH is 2. The fraction of sp³-hybridized carbons (Fsp3) is 0.423. The van der Waals surface area contributed by atoms with Gasteiger partial charge in [0, 0.05) is 47.6 Å². The van der Waals surface area contributed by atoms with Crippen LogP contribution in [0.1, 0.15) is 70.3 Å². The Morgan fingerprint density at radius 3 is 2.29 bits per heavy atom. The molecule has 6 unspecified atom stereocenters. The number of Topliss-reactive ketones (excluding diaryl/α,β-unsaturated/α-hetero) is 1. The monoisotopic (exact) mass is 549 g/mol. The van der Waals surface area contributed by atoms with Crippen LogP contribution in [0.2, 0.25) is 0 Å². The maximum absolute atomic E-state index is 13.3. The molecule has 0 amide bonds. The molecule has 0 aromatic heterocycles. The van der Waals surface area contributed by atoms with Gasteiger partial charge in [0.25, 0.3) is 0 Å². The molecule has 11 nitrogen and oxygen atoms in total. The summed E-state index contributed by atoms with van der Waals surface area (Å²) in [6.45, 7) is 0.580. The smallest absolute Gasteiger partial charge is 1.00 e. The van der Waals surface area contributed by atoms with Gasteiger partial charge < -0.3 is 53.1 Å². The minimum Gasteiger partial charge on any atom is -1.00 e. The summed E-state index contributed by atoms with van der Waals surface area (Å²) in [6.07, 6.45) is -4.97. The molecule has 12 heteroatoms. The lowest BCUT2D eigenvalue weighted by Gasteiger charge is -2.42. The third-order valence-corrected chi connectivity index (χ3v) is 7.50. The summed E-state index contributed by atoms with van der Waals surface area (Å²) < 4.78 is 11.7. The standard InChI is InChI=1S/C26H27NO10.ClH/c1-10-21(30)14(27)6-17(36-10)37-15-8-26(35,16(29)9-28)7-13-18(15)25(34)20-19(24(13)33)22(31)11-4-2-3-5-12(11)23(20)32;/h2-5,10,14-15,17,21,28,30,33-35H,6-9,27H2,1H3;1H. The van der Waals surface area contributed by atoms with Crippen LogP contribution in [-0.2, 0) is 20.7 Å². The van der Waals surface area contributed by atoms with Crippen LogP contribution < -0.4 is 18.1 Å². The molecule has 7 N–H and O–H groups in total. The number of halogens is 1. The van der Waals surface area contributed by atoms with Crippen molar-refractivity contribution in [3.63, 3.8) is 0 Å². The molecule has 1 saturated heterocycles. The number of hydrogen-bond acceptors (Lipinski definition) is 11. The van der Waals surface area contributed by atoms with Gasteiger partial charge in [-0.25, -0.2) is 0 Å². The highest BCUT2D eigenvalue weighted by molar-refractivity contribution is 6.30. The van der Waals surface area contributed by atoms with Crippen molar-refractivity contribution in [2.75, 3.05) is 6.61 Å². The number of carbonyl (C=O) groups excluding carboxylic acids is 3. The van der Waals surface area contributed by atoms with Crippen LogP contribution in [0.25, 0.3) is 0 Å². The molecule has 0 saturated carbocycles. The molecule has 1 fully saturated rings. The highest BCUT2D eigenvalue weighted by atomic mass is 35.5. The fourth-order valence-electron chi connectivity index (χ4n) is 5.51. The maximum Gasteiger partial charge on any atom is 1.00 e. The second kappa shape index (κ2) is 10.0. The molecule has 3 aliphatic rings. The van der Waals surface area contributed by atoms with Crippen LogP contribution in [0.15, 0.2) is 24.3 Å². The summed E-state index contributed by atoms with van der Waals surface area (Å²) in [4.78, 5) is 39.2. The van der Waals surface area contributed by atoms with Crippen LogP contribution in [0.5, 0.6) is 11.5 Å². The number of aromatic hydroxyl groups is 2. The number of hydrogen-bond donors (Lipinski definition) is 6. The Morgan fingerprint density at radius 1 is 1.16 bits per heavy atom. The van der Waals surface area contributed by atoms with E-state index in [0.29, 0.717) is 0 Å². The van der Waals surface area contributed by atoms with E-state index in [1.165, 1.54) is 12.1 Å². The van der Waals surface area contributed by atoms with Crippen LogP contribution >= 0.6 is 0 Å². The molecule has 2 aromatic rings. The number of benzene rings is 2. The first-order valence-electron chi connectivity index (χ1n) is 11.9. The minimum absolute atomic E-state index is 0. The van der Waals surface area contributed by atoms with Gasteiger partial charge in [-0.15, -0.1) is 0 Å². The molecule has 5 rings (SSSR count). The molecule has 2 aliphatic carbocycles. The number of rotatable bonds is 4. The van der Waals surface area contributed by atoms with E-state index >= 15 is 0 Å². The summed E-state index contributed by atoms with van der Waals surface area (Å²) >= 11 is 0. The number of ketones is 3. The van der Waals surface area contributed by atoms with E-state index in [-0.39, 0.29) is 42.5 Å². The Balaban J connectivity index is 0.00000210. The Hall–Kier alpha value is -2.90. The zero-order chi connectivity index (χ0) is 26.8. The molecule has 6 atom stereocenters. The molecule has 38 heavy (non-hydrogen) atoms. The Kier molecular flexibility index (Phi) is 7.40. The molecule has 0 spiro atoms. The SMILES string of the molecule is CC1OC(OC2CC(O)(C(=O)CO)Cc3c(O)c4c(c(O)c32)C(=O)c2ccccc2C4=O)CC(N)C1O.[Cl-].[H+]. The zero-order valence-corrected chi connectivity index (χ0v) is 21.0. The van der Waals surface area contributed by atoms with Gasteiger partial charge >= 0.3 is 1.43 Å². The van der Waals surface area contributed by atoms with Gasteiger partial charge in [-0.3, -0.25) is 14.4 Å². The van der Waals surface area contributed by atoms with Gasteiger partial charge in [-0.2, -0.15) is 0 Å². The van der Waals surface area contributed by atoms with Gasteiger partial charge in [0.2, 0.25) is 0 Å². The number of ether oxygens (including phenoxy) is 2. The average molecular weight is 550 g/mol. The predicted octanol–water partition coefficient (Wildman–Crippen LogP) is -2.89. The molecule has 0 bridgehead atoms. The van der Waals surface area contributed by atoms with E-state index in [1.807, 2.05) is 0 Å². The maximum atomic E-state index is 13.3. The highest BCUT2D eigenvalue weighted by Gasteiger charge is 2.49. The topological polar surface area (TPSA) is 197 Å². The second-order valence-electron chi connectivity index (χ2n) is 9.82. The summed E-state index contributed by atoms with van der Waals surface area (Å²) in [5.74, 6) is -3.63. The number of carbonyl (C=O) groups is 3. The first-order valence-corrected chi connectivity index (χ1v) is 11.9. The molecular formula is C26H28ClNO10. The molecule has 2 aromatic carbocycles. The van der Waals surface area contributed by atoms with Crippen molar-refractivity contribution >= 4 is 17.3 Å². The average Bonchev–Trinajstić information content (AvgIpc) is 2.87. The van der Waals surface area contributed by atoms with Crippen molar-refractivity contribution in [1.82, 2.24) is 0 Å². The first kappa shape index (κ1) is 28.1. The van der Waals surface area contributed by atoms with Gasteiger partial charge in [-0.1, -0.05) is 24.3 Å². The van der Waals surface area contributed by atoms with Gasteiger partial charge in [0.05, 0.1) is 29.4 Å². The summed E-state index contributed by atoms with van der Waals surface area (Å²) in [6, 6.07) is 5.27. The van der Waals surface area contributed by atoms with Crippen LogP contribution in [0.3, 0.4) is 0 Å². The number of nitrogens with two attached hydrogens (primary N) is 1. The lowest BCUT2D eigenvalue weighted by molar-refractivity contribution is -0.247. The molecule has 204 valence electrons. The van der Waals surface area contributed by atoms with Gasteiger partial charge in [0.1, 0.15) is 23.7 Å². The number of phenolic OH excluding ortho intramolecular Hbond substituents is 2. The predicted molar refractivity (Wildman–Crippen MR) is 126 cm³/mol. The summed E-state index contributed by atoms with van der Waals surface area (Å²) in [5, 5.41) is 53.4. The van der Waals surface area contributed by atoms with Crippen LogP contribution in [0, 0.1) is 0 Å². The number of phenols is 2. The van der Waals surface area contributed by atoms with Gasteiger partial charge in [0.15, 0.2) is 23.6 Å². The van der Waals surface area contributed by atoms with Crippen LogP contribution in [-0.4, -0.2) is 79.6 Å². The third kappa shape index (κ3) is 4.20. The van der Waals surface area contributed by atoms with E-state index in [2.05, 4.69) is 0 Å². The third-order valence-electron chi connectivity index (χ3n) is 7.50. The Morgan fingerprint density at radius 2 is 1.74 bits per heavy atom. The first-order chi connectivity index (χ1) is 17.5. The minimum atomic E-state index is -2.22. The summed E-state index contributed by atoms with van der Waals surface area (Å²) in [5.41, 5.74) is 2.78.